The van der Waals surface area contributed by atoms with E-state index in [9.17, 15) is 4.79 Å². The molecule has 0 saturated heterocycles. The number of carboxylic acids is 1. The molecule has 3 rings (SSSR count). The van der Waals surface area contributed by atoms with Gasteiger partial charge in [0, 0.05) is 5.69 Å². The average molecular weight is 335 g/mol. The van der Waals surface area contributed by atoms with Gasteiger partial charge in [-0.2, -0.15) is 0 Å². The third-order valence-corrected chi connectivity index (χ3v) is 6.04. The summed E-state index contributed by atoms with van der Waals surface area (Å²) in [5, 5.41) is 15.5. The maximum absolute atomic E-state index is 10.7. The highest BCUT2D eigenvalue weighted by Crippen LogP contribution is 2.32. The van der Waals surface area contributed by atoms with Crippen molar-refractivity contribution in [2.75, 3.05) is 11.9 Å². The van der Waals surface area contributed by atoms with Crippen LogP contribution in [0.25, 0.3) is 0 Å². The molecule has 0 spiro atoms. The SMILES string of the molecule is O=C(O)CNc1ccc(P(c2ccccc2)c2ccccc2)cc1. The van der Waals surface area contributed by atoms with Crippen LogP contribution in [-0.4, -0.2) is 17.6 Å². The minimum Gasteiger partial charge on any atom is -0.480 e. The third kappa shape index (κ3) is 4.01. The van der Waals surface area contributed by atoms with Crippen LogP contribution in [0.4, 0.5) is 5.69 Å². The van der Waals surface area contributed by atoms with Gasteiger partial charge < -0.3 is 10.4 Å². The van der Waals surface area contributed by atoms with E-state index in [2.05, 4.69) is 66.0 Å². The van der Waals surface area contributed by atoms with Crippen molar-refractivity contribution in [3.8, 4) is 0 Å². The van der Waals surface area contributed by atoms with Gasteiger partial charge >= 0.3 is 5.97 Å². The minimum atomic E-state index is -0.866. The standard InChI is InChI=1S/C20H18NO2P/c22-20(23)15-21-16-11-13-19(14-12-16)24(17-7-3-1-4-8-17)18-9-5-2-6-10-18/h1-14,21H,15H2,(H,22,23). The van der Waals surface area contributed by atoms with E-state index in [0.717, 1.165) is 5.69 Å². The predicted molar refractivity (Wildman–Crippen MR) is 101 cm³/mol. The van der Waals surface area contributed by atoms with Crippen LogP contribution in [0, 0.1) is 0 Å². The topological polar surface area (TPSA) is 49.3 Å². The Morgan fingerprint density at radius 3 is 1.67 bits per heavy atom. The van der Waals surface area contributed by atoms with Crippen molar-refractivity contribution < 1.29 is 9.90 Å². The monoisotopic (exact) mass is 335 g/mol. The number of anilines is 1. The maximum atomic E-state index is 10.7. The quantitative estimate of drug-likeness (QED) is 0.681. The van der Waals surface area contributed by atoms with E-state index in [4.69, 9.17) is 5.11 Å². The summed E-state index contributed by atoms with van der Waals surface area (Å²) in [6.07, 6.45) is 0. The van der Waals surface area contributed by atoms with Crippen LogP contribution in [0.2, 0.25) is 0 Å². The molecule has 24 heavy (non-hydrogen) atoms. The van der Waals surface area contributed by atoms with Crippen LogP contribution in [0.3, 0.4) is 0 Å². The molecule has 0 aliphatic rings. The van der Waals surface area contributed by atoms with Gasteiger partial charge in [0.2, 0.25) is 0 Å². The lowest BCUT2D eigenvalue weighted by molar-refractivity contribution is -0.134. The smallest absolute Gasteiger partial charge is 0.322 e. The van der Waals surface area contributed by atoms with Crippen LogP contribution in [0.15, 0.2) is 84.9 Å². The molecule has 0 bridgehead atoms. The zero-order chi connectivity index (χ0) is 16.8. The second-order valence-corrected chi connectivity index (χ2v) is 7.52. The van der Waals surface area contributed by atoms with Gasteiger partial charge in [0.1, 0.15) is 6.54 Å². The summed E-state index contributed by atoms with van der Waals surface area (Å²) in [6, 6.07) is 29.0. The Bertz CT molecular complexity index is 749. The first-order valence-electron chi connectivity index (χ1n) is 7.70. The number of carbonyl (C=O) groups is 1. The van der Waals surface area contributed by atoms with Crippen molar-refractivity contribution in [3.63, 3.8) is 0 Å². The first-order valence-corrected chi connectivity index (χ1v) is 9.04. The van der Waals surface area contributed by atoms with Gasteiger partial charge in [0.25, 0.3) is 0 Å². The zero-order valence-electron chi connectivity index (χ0n) is 13.1. The number of hydrogen-bond acceptors (Lipinski definition) is 2. The van der Waals surface area contributed by atoms with E-state index in [1.165, 1.54) is 15.9 Å². The molecule has 3 aromatic carbocycles. The Morgan fingerprint density at radius 1 is 0.750 bits per heavy atom. The van der Waals surface area contributed by atoms with Gasteiger partial charge in [-0.25, -0.2) is 0 Å². The highest BCUT2D eigenvalue weighted by atomic mass is 31.1. The largest absolute Gasteiger partial charge is 0.480 e. The molecule has 0 fully saturated rings. The van der Waals surface area contributed by atoms with Gasteiger partial charge in [-0.15, -0.1) is 0 Å². The van der Waals surface area contributed by atoms with Crippen molar-refractivity contribution in [2.24, 2.45) is 0 Å². The van der Waals surface area contributed by atoms with Gasteiger partial charge in [-0.3, -0.25) is 4.79 Å². The lowest BCUT2D eigenvalue weighted by atomic mass is 10.3. The van der Waals surface area contributed by atoms with E-state index < -0.39 is 13.9 Å². The number of benzene rings is 3. The fraction of sp³-hybridized carbons (Fsp3) is 0.0500. The number of rotatable bonds is 6. The van der Waals surface area contributed by atoms with Crippen LogP contribution in [0.1, 0.15) is 0 Å². The number of nitrogens with one attached hydrogen (secondary N) is 1. The van der Waals surface area contributed by atoms with Crippen LogP contribution < -0.4 is 21.2 Å². The Kier molecular flexibility index (Phi) is 5.25. The van der Waals surface area contributed by atoms with E-state index in [1.54, 1.807) is 0 Å². The zero-order valence-corrected chi connectivity index (χ0v) is 14.0. The molecular formula is C20H18NO2P. The molecule has 0 heterocycles. The van der Waals surface area contributed by atoms with Crippen molar-refractivity contribution in [2.45, 2.75) is 0 Å². The fourth-order valence-electron chi connectivity index (χ4n) is 2.51. The van der Waals surface area contributed by atoms with E-state index in [0.29, 0.717) is 0 Å². The number of aliphatic carboxylic acids is 1. The maximum Gasteiger partial charge on any atom is 0.322 e. The molecule has 0 aromatic heterocycles. The molecule has 0 unspecified atom stereocenters. The molecular weight excluding hydrogens is 317 g/mol. The molecule has 0 amide bonds. The average Bonchev–Trinajstić information content (AvgIpc) is 2.63. The Balaban J connectivity index is 1.93. The molecule has 3 aromatic rings. The molecule has 0 atom stereocenters. The summed E-state index contributed by atoms with van der Waals surface area (Å²) in [4.78, 5) is 10.7. The highest BCUT2D eigenvalue weighted by molar-refractivity contribution is 7.79. The lowest BCUT2D eigenvalue weighted by Crippen LogP contribution is -2.20. The van der Waals surface area contributed by atoms with E-state index >= 15 is 0 Å². The lowest BCUT2D eigenvalue weighted by Gasteiger charge is -2.19. The molecule has 0 aliphatic heterocycles. The van der Waals surface area contributed by atoms with E-state index in [1.807, 2.05) is 24.3 Å². The second-order valence-electron chi connectivity index (χ2n) is 5.30. The van der Waals surface area contributed by atoms with Crippen LogP contribution in [0.5, 0.6) is 0 Å². The van der Waals surface area contributed by atoms with Gasteiger partial charge in [0.05, 0.1) is 0 Å². The number of carboxylic acid groups (broad SMARTS) is 1. The van der Waals surface area contributed by atoms with Crippen molar-refractivity contribution >= 4 is 35.5 Å². The molecule has 0 saturated carbocycles. The summed E-state index contributed by atoms with van der Waals surface area (Å²) < 4.78 is 0. The van der Waals surface area contributed by atoms with Crippen molar-refractivity contribution in [1.29, 1.82) is 0 Å². The predicted octanol–water partition coefficient (Wildman–Crippen LogP) is 2.94. The normalized spacial score (nSPS) is 10.5. The first kappa shape index (κ1) is 16.2. The fourth-order valence-corrected chi connectivity index (χ4v) is 4.79. The van der Waals surface area contributed by atoms with Crippen molar-refractivity contribution in [3.05, 3.63) is 84.9 Å². The van der Waals surface area contributed by atoms with Crippen LogP contribution in [-0.2, 0) is 4.79 Å². The minimum absolute atomic E-state index is 0.0779. The van der Waals surface area contributed by atoms with Gasteiger partial charge in [-0.05, 0) is 36.0 Å². The molecule has 4 heteroatoms. The Morgan fingerprint density at radius 2 is 1.21 bits per heavy atom. The molecule has 2 N–H and O–H groups in total. The molecule has 3 nitrogen and oxygen atoms in total. The number of hydrogen-bond donors (Lipinski definition) is 2. The Hall–Kier alpha value is -2.64. The third-order valence-electron chi connectivity index (χ3n) is 3.60. The summed E-state index contributed by atoms with van der Waals surface area (Å²) in [7, 11) is -0.624. The summed E-state index contributed by atoms with van der Waals surface area (Å²) in [5.41, 5.74) is 0.817. The highest BCUT2D eigenvalue weighted by Gasteiger charge is 2.15. The summed E-state index contributed by atoms with van der Waals surface area (Å²) in [6.45, 7) is -0.0779. The first-order chi connectivity index (χ1) is 11.7. The molecule has 0 radical (unpaired) electrons. The van der Waals surface area contributed by atoms with Gasteiger partial charge in [0.15, 0.2) is 0 Å². The van der Waals surface area contributed by atoms with Crippen LogP contribution >= 0.6 is 7.92 Å². The van der Waals surface area contributed by atoms with Crippen molar-refractivity contribution in [1.82, 2.24) is 0 Å². The van der Waals surface area contributed by atoms with E-state index in [-0.39, 0.29) is 6.54 Å². The summed E-state index contributed by atoms with van der Waals surface area (Å²) in [5.74, 6) is -0.866. The summed E-state index contributed by atoms with van der Waals surface area (Å²) >= 11 is 0. The Labute approximate surface area is 142 Å². The molecule has 120 valence electrons. The molecule has 0 aliphatic carbocycles. The second kappa shape index (κ2) is 7.76. The van der Waals surface area contributed by atoms with Gasteiger partial charge in [-0.1, -0.05) is 72.8 Å².